The van der Waals surface area contributed by atoms with E-state index in [-0.39, 0.29) is 18.2 Å². The molecule has 0 amide bonds. The maximum atomic E-state index is 12.9. The van der Waals surface area contributed by atoms with E-state index in [1.54, 1.807) is 6.92 Å². The van der Waals surface area contributed by atoms with E-state index in [4.69, 9.17) is 14.3 Å². The van der Waals surface area contributed by atoms with E-state index in [2.05, 4.69) is 0 Å². The van der Waals surface area contributed by atoms with Crippen molar-refractivity contribution in [2.75, 3.05) is 0 Å². The molecule has 0 aliphatic carbocycles. The van der Waals surface area contributed by atoms with Gasteiger partial charge in [0.05, 0.1) is 6.26 Å². The lowest BCUT2D eigenvalue weighted by molar-refractivity contribution is 0.0658. The molecule has 18 heavy (non-hydrogen) atoms. The number of carbonyl (C=O) groups is 1. The lowest BCUT2D eigenvalue weighted by Crippen LogP contribution is -2.03. The summed E-state index contributed by atoms with van der Waals surface area (Å²) in [5, 5.41) is 8.84. The van der Waals surface area contributed by atoms with Crippen molar-refractivity contribution in [3.63, 3.8) is 0 Å². The molecule has 0 saturated heterocycles. The fourth-order valence-corrected chi connectivity index (χ4v) is 1.57. The average Bonchev–Trinajstić information content (AvgIpc) is 2.76. The number of ether oxygens (including phenoxy) is 1. The quantitative estimate of drug-likeness (QED) is 0.906. The molecular formula is C13H11FO4. The highest BCUT2D eigenvalue weighted by atomic mass is 19.1. The van der Waals surface area contributed by atoms with E-state index in [1.165, 1.54) is 30.5 Å². The molecule has 0 radical (unpaired) electrons. The van der Waals surface area contributed by atoms with Crippen molar-refractivity contribution < 1.29 is 23.4 Å². The highest BCUT2D eigenvalue weighted by Gasteiger charge is 2.14. The van der Waals surface area contributed by atoms with Gasteiger partial charge in [-0.05, 0) is 36.8 Å². The number of hydrogen-bond acceptors (Lipinski definition) is 3. The molecule has 1 aromatic carbocycles. The summed E-state index contributed by atoms with van der Waals surface area (Å²) >= 11 is 0. The van der Waals surface area contributed by atoms with Crippen LogP contribution in [0.5, 0.6) is 5.75 Å². The van der Waals surface area contributed by atoms with Crippen LogP contribution in [0.15, 0.2) is 34.9 Å². The van der Waals surface area contributed by atoms with Crippen LogP contribution in [0.25, 0.3) is 0 Å². The van der Waals surface area contributed by atoms with E-state index >= 15 is 0 Å². The van der Waals surface area contributed by atoms with E-state index < -0.39 is 5.97 Å². The van der Waals surface area contributed by atoms with E-state index in [0.29, 0.717) is 16.9 Å². The average molecular weight is 250 g/mol. The summed E-state index contributed by atoms with van der Waals surface area (Å²) in [7, 11) is 0. The topological polar surface area (TPSA) is 59.7 Å². The number of furan rings is 1. The van der Waals surface area contributed by atoms with Crippen LogP contribution in [-0.4, -0.2) is 11.1 Å². The molecule has 1 aromatic heterocycles. The van der Waals surface area contributed by atoms with Gasteiger partial charge >= 0.3 is 5.97 Å². The number of halogens is 1. The van der Waals surface area contributed by atoms with Crippen molar-refractivity contribution in [3.05, 3.63) is 53.2 Å². The van der Waals surface area contributed by atoms with Gasteiger partial charge in [0.15, 0.2) is 0 Å². The first-order chi connectivity index (χ1) is 8.58. The third-order valence-electron chi connectivity index (χ3n) is 2.46. The molecule has 0 spiro atoms. The van der Waals surface area contributed by atoms with Gasteiger partial charge in [0.1, 0.15) is 18.2 Å². The Morgan fingerprint density at radius 2 is 2.22 bits per heavy atom. The molecule has 0 unspecified atom stereocenters. The van der Waals surface area contributed by atoms with Crippen LogP contribution in [0, 0.1) is 12.7 Å². The second kappa shape index (κ2) is 4.91. The Bertz CT molecular complexity index is 574. The number of hydrogen-bond donors (Lipinski definition) is 1. The molecule has 1 heterocycles. The van der Waals surface area contributed by atoms with Crippen molar-refractivity contribution in [1.82, 2.24) is 0 Å². The largest absolute Gasteiger partial charge is 0.488 e. The zero-order valence-electron chi connectivity index (χ0n) is 9.64. The van der Waals surface area contributed by atoms with Crippen molar-refractivity contribution in [2.24, 2.45) is 0 Å². The molecule has 0 atom stereocenters. The number of carboxylic acid groups (broad SMARTS) is 1. The van der Waals surface area contributed by atoms with Gasteiger partial charge in [0.2, 0.25) is 5.76 Å². The molecule has 0 aliphatic rings. The van der Waals surface area contributed by atoms with Crippen LogP contribution in [-0.2, 0) is 6.61 Å². The molecular weight excluding hydrogens is 239 g/mol. The highest BCUT2D eigenvalue weighted by molar-refractivity contribution is 5.86. The van der Waals surface area contributed by atoms with Crippen molar-refractivity contribution in [2.45, 2.75) is 13.5 Å². The fraction of sp³-hybridized carbons (Fsp3) is 0.154. The second-order valence-corrected chi connectivity index (χ2v) is 3.78. The standard InChI is InChI=1S/C13H11FO4/c1-8-6-10(14)2-3-11(8)18-7-9-4-5-17-12(9)13(15)16/h2-6H,7H2,1H3,(H,15,16). The maximum absolute atomic E-state index is 12.9. The zero-order chi connectivity index (χ0) is 13.1. The zero-order valence-corrected chi connectivity index (χ0v) is 9.64. The Labute approximate surface area is 103 Å². The highest BCUT2D eigenvalue weighted by Crippen LogP contribution is 2.21. The minimum atomic E-state index is -1.14. The molecule has 0 aliphatic heterocycles. The third-order valence-corrected chi connectivity index (χ3v) is 2.46. The maximum Gasteiger partial charge on any atom is 0.372 e. The van der Waals surface area contributed by atoms with Gasteiger partial charge in [-0.1, -0.05) is 0 Å². The predicted molar refractivity (Wildman–Crippen MR) is 61.1 cm³/mol. The first-order valence-corrected chi connectivity index (χ1v) is 5.26. The second-order valence-electron chi connectivity index (χ2n) is 3.78. The number of benzene rings is 1. The minimum Gasteiger partial charge on any atom is -0.488 e. The van der Waals surface area contributed by atoms with E-state index in [9.17, 15) is 9.18 Å². The first kappa shape index (κ1) is 12.2. The van der Waals surface area contributed by atoms with E-state index in [0.717, 1.165) is 0 Å². The summed E-state index contributed by atoms with van der Waals surface area (Å²) in [6, 6.07) is 5.67. The van der Waals surface area contributed by atoms with Crippen molar-refractivity contribution in [3.8, 4) is 5.75 Å². The normalized spacial score (nSPS) is 10.3. The molecule has 0 fully saturated rings. The van der Waals surface area contributed by atoms with Gasteiger partial charge in [-0.3, -0.25) is 0 Å². The molecule has 94 valence electrons. The van der Waals surface area contributed by atoms with Crippen molar-refractivity contribution >= 4 is 5.97 Å². The van der Waals surface area contributed by atoms with Gasteiger partial charge in [0, 0.05) is 5.56 Å². The summed E-state index contributed by atoms with van der Waals surface area (Å²) in [6.45, 7) is 1.77. The Morgan fingerprint density at radius 3 is 2.89 bits per heavy atom. The van der Waals surface area contributed by atoms with Gasteiger partial charge < -0.3 is 14.3 Å². The van der Waals surface area contributed by atoms with Crippen LogP contribution < -0.4 is 4.74 Å². The van der Waals surface area contributed by atoms with Gasteiger partial charge in [-0.25, -0.2) is 9.18 Å². The van der Waals surface area contributed by atoms with Gasteiger partial charge in [0.25, 0.3) is 0 Å². The molecule has 2 aromatic rings. The summed E-state index contributed by atoms with van der Waals surface area (Å²) in [5.74, 6) is -1.12. The lowest BCUT2D eigenvalue weighted by atomic mass is 10.2. The monoisotopic (exact) mass is 250 g/mol. The predicted octanol–water partition coefficient (Wildman–Crippen LogP) is 3.00. The summed E-state index contributed by atoms with van der Waals surface area (Å²) < 4.78 is 23.1. The van der Waals surface area contributed by atoms with Crippen LogP contribution in [0.1, 0.15) is 21.7 Å². The smallest absolute Gasteiger partial charge is 0.372 e. The summed E-state index contributed by atoms with van der Waals surface area (Å²) in [5.41, 5.74) is 1.08. The molecule has 4 nitrogen and oxygen atoms in total. The van der Waals surface area contributed by atoms with Crippen LogP contribution in [0.2, 0.25) is 0 Å². The minimum absolute atomic E-state index is 0.0601. The molecule has 5 heteroatoms. The number of carboxylic acids is 1. The van der Waals surface area contributed by atoms with Crippen LogP contribution in [0.3, 0.4) is 0 Å². The molecule has 2 rings (SSSR count). The van der Waals surface area contributed by atoms with Gasteiger partial charge in [-0.2, -0.15) is 0 Å². The number of aromatic carboxylic acids is 1. The summed E-state index contributed by atoms with van der Waals surface area (Å²) in [6.07, 6.45) is 1.29. The number of rotatable bonds is 4. The summed E-state index contributed by atoms with van der Waals surface area (Å²) in [4.78, 5) is 10.8. The Hall–Kier alpha value is -2.30. The van der Waals surface area contributed by atoms with Crippen LogP contribution >= 0.6 is 0 Å². The van der Waals surface area contributed by atoms with Crippen LogP contribution in [0.4, 0.5) is 4.39 Å². The van der Waals surface area contributed by atoms with Gasteiger partial charge in [-0.15, -0.1) is 0 Å². The first-order valence-electron chi connectivity index (χ1n) is 5.26. The Balaban J connectivity index is 2.11. The lowest BCUT2D eigenvalue weighted by Gasteiger charge is -2.08. The Kier molecular flexibility index (Phi) is 3.32. The van der Waals surface area contributed by atoms with E-state index in [1.807, 2.05) is 0 Å². The fourth-order valence-electron chi connectivity index (χ4n) is 1.57. The SMILES string of the molecule is Cc1cc(F)ccc1OCc1ccoc1C(=O)O. The molecule has 0 bridgehead atoms. The molecule has 0 saturated carbocycles. The Morgan fingerprint density at radius 1 is 1.44 bits per heavy atom. The molecule has 1 N–H and O–H groups in total. The number of aryl methyl sites for hydroxylation is 1. The third kappa shape index (κ3) is 2.51. The van der Waals surface area contributed by atoms with Crippen molar-refractivity contribution in [1.29, 1.82) is 0 Å².